The van der Waals surface area contributed by atoms with E-state index in [2.05, 4.69) is 6.58 Å². The molecule has 0 aromatic heterocycles. The molecule has 21 heavy (non-hydrogen) atoms. The van der Waals surface area contributed by atoms with Crippen molar-refractivity contribution < 1.29 is 33.4 Å². The number of rotatable bonds is 3. The van der Waals surface area contributed by atoms with Gasteiger partial charge in [-0.15, -0.1) is 12.3 Å². The summed E-state index contributed by atoms with van der Waals surface area (Å²) in [6, 6.07) is 5.99. The summed E-state index contributed by atoms with van der Waals surface area (Å²) < 4.78 is 29.6. The Morgan fingerprint density at radius 1 is 1.24 bits per heavy atom. The first-order valence-corrected chi connectivity index (χ1v) is 7.25. The number of allylic oxidation sites excluding steroid dienone is 1. The Labute approximate surface area is 124 Å². The van der Waals surface area contributed by atoms with E-state index in [0.717, 1.165) is 5.56 Å². The molecule has 0 radical (unpaired) electrons. The first-order valence-electron chi connectivity index (χ1n) is 5.81. The second-order valence-electron chi connectivity index (χ2n) is 4.01. The second kappa shape index (κ2) is 11.2. The van der Waals surface area contributed by atoms with Crippen LogP contribution in [0.1, 0.15) is 12.5 Å². The van der Waals surface area contributed by atoms with Gasteiger partial charge in [0.2, 0.25) is 0 Å². The van der Waals surface area contributed by atoms with Crippen molar-refractivity contribution in [3.8, 4) is 0 Å². The standard InChI is InChI=1S/C7H8O3S.C3H8O3.C3H6O/c1-6-2-4-7(5-3-6)11(8,9)10;4-1-3(6)2-5;1-3(2)4/h2-5H,1H3,(H,8,9,10);3-6H,1-2H2;4H,1H2,2H3/p-1. The number of aliphatic hydroxyl groups is 3. The molecule has 0 aliphatic rings. The Hall–Kier alpha value is -1.45. The molecule has 0 atom stereocenters. The minimum absolute atomic E-state index is 0.0666. The van der Waals surface area contributed by atoms with Crippen molar-refractivity contribution >= 4 is 10.1 Å². The van der Waals surface area contributed by atoms with E-state index in [9.17, 15) is 13.5 Å². The molecule has 1 aromatic carbocycles. The highest BCUT2D eigenvalue weighted by atomic mass is 32.2. The lowest BCUT2D eigenvalue weighted by Gasteiger charge is -1.96. The smallest absolute Gasteiger partial charge is 0.294 e. The largest absolute Gasteiger partial charge is 0.876 e. The summed E-state index contributed by atoms with van der Waals surface area (Å²) in [5, 5.41) is 33.3. The van der Waals surface area contributed by atoms with Crippen molar-refractivity contribution in [3.63, 3.8) is 0 Å². The van der Waals surface area contributed by atoms with Gasteiger partial charge >= 0.3 is 0 Å². The third-order valence-electron chi connectivity index (χ3n) is 1.74. The molecule has 1 rings (SSSR count). The molecule has 1 aromatic rings. The molecule has 0 fully saturated rings. The molecule has 4 N–H and O–H groups in total. The predicted octanol–water partition coefficient (Wildman–Crippen LogP) is -0.546. The first-order chi connectivity index (χ1) is 9.54. The minimum atomic E-state index is -4.02. The van der Waals surface area contributed by atoms with E-state index in [1.54, 1.807) is 12.1 Å². The maximum absolute atomic E-state index is 10.5. The van der Waals surface area contributed by atoms with Gasteiger partial charge in [0.1, 0.15) is 6.10 Å². The minimum Gasteiger partial charge on any atom is -0.876 e. The molecule has 0 saturated carbocycles. The van der Waals surface area contributed by atoms with Gasteiger partial charge in [0, 0.05) is 0 Å². The van der Waals surface area contributed by atoms with Crippen LogP contribution in [-0.2, 0) is 10.1 Å². The summed E-state index contributed by atoms with van der Waals surface area (Å²) in [4.78, 5) is -0.0666. The average molecular weight is 321 g/mol. The highest BCUT2D eigenvalue weighted by molar-refractivity contribution is 7.85. The van der Waals surface area contributed by atoms with E-state index in [-0.39, 0.29) is 23.9 Å². The summed E-state index contributed by atoms with van der Waals surface area (Å²) >= 11 is 0. The molecule has 0 bridgehead atoms. The fourth-order valence-corrected chi connectivity index (χ4v) is 1.25. The van der Waals surface area contributed by atoms with E-state index in [4.69, 9.17) is 19.9 Å². The molecule has 0 aliphatic heterocycles. The molecule has 0 aliphatic carbocycles. The van der Waals surface area contributed by atoms with Crippen molar-refractivity contribution in [3.05, 3.63) is 42.2 Å². The lowest BCUT2D eigenvalue weighted by atomic mass is 10.2. The Morgan fingerprint density at radius 3 is 1.76 bits per heavy atom. The topological polar surface area (TPSA) is 138 Å². The normalized spacial score (nSPS) is 10.0. The number of benzene rings is 1. The number of aryl methyl sites for hydroxylation is 1. The van der Waals surface area contributed by atoms with E-state index in [0.29, 0.717) is 0 Å². The molecule has 122 valence electrons. The molecule has 7 nitrogen and oxygen atoms in total. The summed E-state index contributed by atoms with van der Waals surface area (Å²) in [5.41, 5.74) is 0.956. The zero-order valence-corrected chi connectivity index (χ0v) is 12.7. The summed E-state index contributed by atoms with van der Waals surface area (Å²) in [6.07, 6.45) is -0.954. The zero-order valence-electron chi connectivity index (χ0n) is 11.9. The van der Waals surface area contributed by atoms with Crippen LogP contribution in [0.4, 0.5) is 0 Å². The van der Waals surface area contributed by atoms with E-state index in [1.165, 1.54) is 19.1 Å². The number of hydrogen-bond acceptors (Lipinski definition) is 6. The average Bonchev–Trinajstić information content (AvgIpc) is 2.37. The van der Waals surface area contributed by atoms with Crippen LogP contribution in [0.2, 0.25) is 0 Å². The Balaban J connectivity index is 0. The third kappa shape index (κ3) is 14.8. The first kappa shape index (κ1) is 21.8. The van der Waals surface area contributed by atoms with Crippen molar-refractivity contribution in [1.82, 2.24) is 0 Å². The predicted molar refractivity (Wildman–Crippen MR) is 76.0 cm³/mol. The van der Waals surface area contributed by atoms with Crippen LogP contribution in [0.15, 0.2) is 41.5 Å². The van der Waals surface area contributed by atoms with Crippen LogP contribution >= 0.6 is 0 Å². The maximum atomic E-state index is 10.5. The van der Waals surface area contributed by atoms with Crippen LogP contribution in [0, 0.1) is 6.92 Å². The van der Waals surface area contributed by atoms with Gasteiger partial charge in [0.05, 0.1) is 18.1 Å². The van der Waals surface area contributed by atoms with E-state index >= 15 is 0 Å². The molecule has 8 heteroatoms. The second-order valence-corrected chi connectivity index (χ2v) is 5.43. The summed E-state index contributed by atoms with van der Waals surface area (Å²) in [6.45, 7) is 5.53. The van der Waals surface area contributed by atoms with Gasteiger partial charge in [-0.1, -0.05) is 24.6 Å². The van der Waals surface area contributed by atoms with Crippen LogP contribution in [0.5, 0.6) is 0 Å². The van der Waals surface area contributed by atoms with Crippen molar-refractivity contribution in [2.45, 2.75) is 24.8 Å². The molecule has 0 amide bonds. The Kier molecular flexibility index (Phi) is 11.7. The Morgan fingerprint density at radius 2 is 1.57 bits per heavy atom. The van der Waals surface area contributed by atoms with Gasteiger partial charge in [-0.05, 0) is 19.1 Å². The molecule has 0 spiro atoms. The zero-order chi connectivity index (χ0) is 17.1. The number of aliphatic hydroxyl groups excluding tert-OH is 3. The quantitative estimate of drug-likeness (QED) is 0.433. The van der Waals surface area contributed by atoms with Crippen molar-refractivity contribution in [2.75, 3.05) is 13.2 Å². The molecular weight excluding hydrogens is 300 g/mol. The lowest BCUT2D eigenvalue weighted by molar-refractivity contribution is -0.300. The van der Waals surface area contributed by atoms with E-state index < -0.39 is 16.2 Å². The van der Waals surface area contributed by atoms with Crippen LogP contribution in [0.3, 0.4) is 0 Å². The Bertz CT molecular complexity index is 486. The van der Waals surface area contributed by atoms with Crippen LogP contribution in [-0.4, -0.2) is 47.6 Å². The molecule has 0 saturated heterocycles. The molecular formula is C13H21O7S-. The molecule has 0 heterocycles. The van der Waals surface area contributed by atoms with Gasteiger partial charge in [-0.25, -0.2) is 0 Å². The highest BCUT2D eigenvalue weighted by Gasteiger charge is 2.06. The summed E-state index contributed by atoms with van der Waals surface area (Å²) in [5.74, 6) is -0.0833. The van der Waals surface area contributed by atoms with Gasteiger partial charge < -0.3 is 20.4 Å². The fourth-order valence-electron chi connectivity index (χ4n) is 0.768. The lowest BCUT2D eigenvalue weighted by Crippen LogP contribution is -2.15. The highest BCUT2D eigenvalue weighted by Crippen LogP contribution is 2.08. The monoisotopic (exact) mass is 321 g/mol. The van der Waals surface area contributed by atoms with Crippen molar-refractivity contribution in [2.24, 2.45) is 0 Å². The van der Waals surface area contributed by atoms with Crippen molar-refractivity contribution in [1.29, 1.82) is 0 Å². The fraction of sp³-hybridized carbons (Fsp3) is 0.385. The SMILES string of the molecule is C=C(C)[O-].Cc1ccc(S(=O)(=O)O)cc1.OCC(O)CO. The van der Waals surface area contributed by atoms with Gasteiger partial charge in [0.15, 0.2) is 0 Å². The van der Waals surface area contributed by atoms with Gasteiger partial charge in [-0.3, -0.25) is 4.55 Å². The summed E-state index contributed by atoms with van der Waals surface area (Å²) in [7, 11) is -4.02. The van der Waals surface area contributed by atoms with Gasteiger partial charge in [-0.2, -0.15) is 8.42 Å². The van der Waals surface area contributed by atoms with Crippen LogP contribution < -0.4 is 5.11 Å². The van der Waals surface area contributed by atoms with Gasteiger partial charge in [0.25, 0.3) is 10.1 Å². The molecule has 0 unspecified atom stereocenters. The number of hydrogen-bond donors (Lipinski definition) is 4. The third-order valence-corrected chi connectivity index (χ3v) is 2.61. The van der Waals surface area contributed by atoms with E-state index in [1.807, 2.05) is 6.92 Å². The maximum Gasteiger partial charge on any atom is 0.294 e. The van der Waals surface area contributed by atoms with Crippen LogP contribution in [0.25, 0.3) is 0 Å².